The molecule has 1 N–H and O–H groups in total. The Labute approximate surface area is 91.2 Å². The summed E-state index contributed by atoms with van der Waals surface area (Å²) in [6.07, 6.45) is 2.17. The van der Waals surface area contributed by atoms with Gasteiger partial charge in [-0.05, 0) is 44.0 Å². The molecule has 1 aromatic rings. The fraction of sp³-hybridized carbons (Fsp3) is 0.385. The summed E-state index contributed by atoms with van der Waals surface area (Å²) >= 11 is 0. The number of rotatable bonds is 4. The zero-order valence-electron chi connectivity index (χ0n) is 9.53. The molecular weight excluding hydrogens is 188 g/mol. The second-order valence-electron chi connectivity index (χ2n) is 3.82. The van der Waals surface area contributed by atoms with Crippen molar-refractivity contribution in [3.63, 3.8) is 0 Å². The minimum absolute atomic E-state index is 0.0752. The van der Waals surface area contributed by atoms with Gasteiger partial charge in [-0.15, -0.1) is 0 Å². The maximum atomic E-state index is 8.99. The van der Waals surface area contributed by atoms with E-state index in [9.17, 15) is 0 Å². The minimum Gasteiger partial charge on any atom is -0.496 e. The smallest absolute Gasteiger partial charge is 0.0938 e. The van der Waals surface area contributed by atoms with Gasteiger partial charge in [0.2, 0.25) is 0 Å². The van der Waals surface area contributed by atoms with Gasteiger partial charge < -0.3 is 9.84 Å². The van der Waals surface area contributed by atoms with Crippen LogP contribution in [0.2, 0.25) is 0 Å². The summed E-state index contributed by atoms with van der Waals surface area (Å²) in [4.78, 5) is 0. The summed E-state index contributed by atoms with van der Waals surface area (Å²) in [6, 6.07) is 7.77. The highest BCUT2D eigenvalue weighted by Crippen LogP contribution is 2.11. The lowest BCUT2D eigenvalue weighted by molar-refractivity contribution is 0.152. The Morgan fingerprint density at radius 1 is 1.47 bits per heavy atom. The van der Waals surface area contributed by atoms with Gasteiger partial charge >= 0.3 is 0 Å². The fourth-order valence-corrected chi connectivity index (χ4v) is 1.42. The van der Waals surface area contributed by atoms with E-state index >= 15 is 0 Å². The van der Waals surface area contributed by atoms with Crippen molar-refractivity contribution in [3.8, 4) is 0 Å². The largest absolute Gasteiger partial charge is 0.496 e. The Kier molecular flexibility index (Phi) is 4.37. The molecule has 0 aliphatic heterocycles. The van der Waals surface area contributed by atoms with Gasteiger partial charge in [-0.1, -0.05) is 18.2 Å². The molecular formula is C13H18O2. The van der Waals surface area contributed by atoms with Gasteiger partial charge in [0.05, 0.1) is 18.5 Å². The molecule has 0 aliphatic carbocycles. The Morgan fingerprint density at radius 3 is 2.80 bits per heavy atom. The van der Waals surface area contributed by atoms with Crippen molar-refractivity contribution in [2.45, 2.75) is 33.5 Å². The standard InChI is InChI=1S/C13H18O2/c1-10(2)15-11(3)7-12-5-4-6-13(8-12)9-14/h4-8,10,14H,9H2,1-3H3/b11-7-. The highest BCUT2D eigenvalue weighted by molar-refractivity contribution is 5.51. The van der Waals surface area contributed by atoms with Crippen molar-refractivity contribution >= 4 is 6.08 Å². The monoisotopic (exact) mass is 206 g/mol. The average molecular weight is 206 g/mol. The van der Waals surface area contributed by atoms with Crippen LogP contribution >= 0.6 is 0 Å². The summed E-state index contributed by atoms with van der Waals surface area (Å²) in [5.41, 5.74) is 1.97. The fourth-order valence-electron chi connectivity index (χ4n) is 1.42. The Balaban J connectivity index is 2.78. The number of hydrogen-bond donors (Lipinski definition) is 1. The molecule has 0 bridgehead atoms. The molecule has 0 spiro atoms. The summed E-state index contributed by atoms with van der Waals surface area (Å²) < 4.78 is 5.53. The molecule has 82 valence electrons. The molecule has 15 heavy (non-hydrogen) atoms. The van der Waals surface area contributed by atoms with Crippen LogP contribution in [0.15, 0.2) is 30.0 Å². The van der Waals surface area contributed by atoms with Crippen LogP contribution in [-0.2, 0) is 11.3 Å². The maximum absolute atomic E-state index is 8.99. The van der Waals surface area contributed by atoms with Crippen LogP contribution in [0.3, 0.4) is 0 Å². The second kappa shape index (κ2) is 5.56. The van der Waals surface area contributed by atoms with E-state index in [2.05, 4.69) is 0 Å². The first kappa shape index (κ1) is 11.8. The molecule has 0 heterocycles. The van der Waals surface area contributed by atoms with Crippen molar-refractivity contribution < 1.29 is 9.84 Å². The first-order chi connectivity index (χ1) is 7.11. The van der Waals surface area contributed by atoms with E-state index in [-0.39, 0.29) is 12.7 Å². The third-order valence-corrected chi connectivity index (χ3v) is 1.93. The van der Waals surface area contributed by atoms with E-state index < -0.39 is 0 Å². The minimum atomic E-state index is 0.0752. The number of allylic oxidation sites excluding steroid dienone is 1. The molecule has 0 unspecified atom stereocenters. The van der Waals surface area contributed by atoms with E-state index in [0.717, 1.165) is 16.9 Å². The highest BCUT2D eigenvalue weighted by Gasteiger charge is 1.96. The number of aliphatic hydroxyl groups is 1. The molecule has 0 radical (unpaired) electrons. The van der Waals surface area contributed by atoms with Crippen LogP contribution in [0.4, 0.5) is 0 Å². The molecule has 0 fully saturated rings. The number of hydrogen-bond acceptors (Lipinski definition) is 2. The zero-order chi connectivity index (χ0) is 11.3. The van der Waals surface area contributed by atoms with E-state index in [1.54, 1.807) is 0 Å². The zero-order valence-corrected chi connectivity index (χ0v) is 9.53. The van der Waals surface area contributed by atoms with Crippen molar-refractivity contribution in [1.82, 2.24) is 0 Å². The molecule has 2 nitrogen and oxygen atoms in total. The van der Waals surface area contributed by atoms with Crippen molar-refractivity contribution in [3.05, 3.63) is 41.2 Å². The van der Waals surface area contributed by atoms with Gasteiger partial charge in [0, 0.05) is 0 Å². The lowest BCUT2D eigenvalue weighted by Gasteiger charge is -2.09. The summed E-state index contributed by atoms with van der Waals surface area (Å²) in [6.45, 7) is 6.01. The molecule has 0 aromatic heterocycles. The second-order valence-corrected chi connectivity index (χ2v) is 3.82. The first-order valence-corrected chi connectivity index (χ1v) is 5.16. The van der Waals surface area contributed by atoms with E-state index in [4.69, 9.17) is 9.84 Å². The third-order valence-electron chi connectivity index (χ3n) is 1.93. The molecule has 0 amide bonds. The van der Waals surface area contributed by atoms with Crippen LogP contribution < -0.4 is 0 Å². The van der Waals surface area contributed by atoms with Gasteiger partial charge in [0.15, 0.2) is 0 Å². The van der Waals surface area contributed by atoms with Gasteiger partial charge in [-0.25, -0.2) is 0 Å². The number of aliphatic hydroxyl groups excluding tert-OH is 1. The molecule has 0 saturated carbocycles. The molecule has 0 atom stereocenters. The Bertz CT molecular complexity index is 340. The lowest BCUT2D eigenvalue weighted by Crippen LogP contribution is -1.99. The molecule has 1 aromatic carbocycles. The highest BCUT2D eigenvalue weighted by atomic mass is 16.5. The Hall–Kier alpha value is -1.28. The molecule has 1 rings (SSSR count). The summed E-state index contributed by atoms with van der Waals surface area (Å²) in [5, 5.41) is 8.99. The lowest BCUT2D eigenvalue weighted by atomic mass is 10.1. The van der Waals surface area contributed by atoms with E-state index in [0.29, 0.717) is 0 Å². The summed E-state index contributed by atoms with van der Waals surface area (Å²) in [5.74, 6) is 0.889. The molecule has 0 aliphatic rings. The van der Waals surface area contributed by atoms with E-state index in [1.807, 2.05) is 51.1 Å². The average Bonchev–Trinajstić information content (AvgIpc) is 2.16. The predicted octanol–water partition coefficient (Wildman–Crippen LogP) is 2.96. The normalized spacial score (nSPS) is 11.9. The van der Waals surface area contributed by atoms with Crippen LogP contribution in [0.5, 0.6) is 0 Å². The Morgan fingerprint density at radius 2 is 2.20 bits per heavy atom. The first-order valence-electron chi connectivity index (χ1n) is 5.16. The molecule has 2 heteroatoms. The van der Waals surface area contributed by atoms with Crippen LogP contribution in [0.1, 0.15) is 31.9 Å². The predicted molar refractivity (Wildman–Crippen MR) is 62.2 cm³/mol. The van der Waals surface area contributed by atoms with E-state index in [1.165, 1.54) is 0 Å². The topological polar surface area (TPSA) is 29.5 Å². The SMILES string of the molecule is C/C(=C/c1cccc(CO)c1)OC(C)C. The van der Waals surface area contributed by atoms with Gasteiger partial charge in [-0.3, -0.25) is 0 Å². The molecule has 0 saturated heterocycles. The van der Waals surface area contributed by atoms with Crippen molar-refractivity contribution in [2.24, 2.45) is 0 Å². The van der Waals surface area contributed by atoms with Crippen molar-refractivity contribution in [1.29, 1.82) is 0 Å². The van der Waals surface area contributed by atoms with Crippen LogP contribution in [-0.4, -0.2) is 11.2 Å². The quantitative estimate of drug-likeness (QED) is 0.767. The number of ether oxygens (including phenoxy) is 1. The summed E-state index contributed by atoms with van der Waals surface area (Å²) in [7, 11) is 0. The van der Waals surface area contributed by atoms with Gasteiger partial charge in [-0.2, -0.15) is 0 Å². The van der Waals surface area contributed by atoms with Gasteiger partial charge in [0.1, 0.15) is 0 Å². The van der Waals surface area contributed by atoms with Crippen LogP contribution in [0.25, 0.3) is 6.08 Å². The van der Waals surface area contributed by atoms with Gasteiger partial charge in [0.25, 0.3) is 0 Å². The third kappa shape index (κ3) is 4.17. The number of benzene rings is 1. The van der Waals surface area contributed by atoms with Crippen molar-refractivity contribution in [2.75, 3.05) is 0 Å². The maximum Gasteiger partial charge on any atom is 0.0938 e. The van der Waals surface area contributed by atoms with Crippen LogP contribution in [0, 0.1) is 0 Å².